The number of hydrogen-bond acceptors (Lipinski definition) is 19. The van der Waals surface area contributed by atoms with Gasteiger partial charge < -0.3 is 86.2 Å². The molecular formula is C62H103N13O16S. The lowest BCUT2D eigenvalue weighted by atomic mass is 9.88. The highest BCUT2D eigenvalue weighted by atomic mass is 32.2. The Bertz CT molecular complexity index is 2650. The van der Waals surface area contributed by atoms with Crippen LogP contribution < -0.4 is 61.0 Å². The number of nitrogens with zero attached hydrogens (tertiary/aromatic N) is 2. The van der Waals surface area contributed by atoms with Crippen LogP contribution in [0.25, 0.3) is 0 Å². The molecule has 21 N–H and O–H groups in total. The molecular weight excluding hydrogens is 1210 g/mol. The number of aliphatic carboxylic acids is 1. The van der Waals surface area contributed by atoms with Crippen LogP contribution in [0.1, 0.15) is 150 Å². The fourth-order valence-corrected chi connectivity index (χ4v) is 10.7. The molecule has 92 heavy (non-hydrogen) atoms. The summed E-state index contributed by atoms with van der Waals surface area (Å²) in [6, 6.07) is -1.15. The minimum absolute atomic E-state index is 0.0143. The summed E-state index contributed by atoms with van der Waals surface area (Å²) in [7, 11) is 0. The second-order valence-corrected chi connectivity index (χ2v) is 25.3. The molecule has 0 heterocycles. The fourth-order valence-electron chi connectivity index (χ4n) is 10.2. The quantitative estimate of drug-likeness (QED) is 0.0226. The molecule has 29 nitrogen and oxygen atoms in total. The SMILES string of the molecule is CSCC[C@H](NC(=O)[C@H](CO)CC(=O)[C@H](CCCN=C(N)N)NC(=O)[C@@H](CC(C)=O)CC(C)C)C(=O)C[C@H](C(=O)N[C@@H](CC(=O)O)C(=O)C[C@@H](CCCCN)C(=O)N[C@@H](Cc1ccc(O)cc1)C(=O)C[C@@H](CCCN=C(N)N)C(=O)N[C@@H](CC(C)C)C(N)=O)[C@@H](C)O. The summed E-state index contributed by atoms with van der Waals surface area (Å²) in [6.45, 7) is 9.37. The third-order valence-electron chi connectivity index (χ3n) is 15.2. The minimum Gasteiger partial charge on any atom is -0.508 e. The standard InChI is InChI=1S/C62H103N13O16S/c1-34(2)24-41(26-36(5)77)58(89)71-45(14-11-22-70-62(67)68)50(80)30-42(33-76)59(90)72-46(19-23-92-7)53(83)31-44(37(6)78)60(91)74-48(32-54(84)85)52(82)28-39(12-8-9-20-63)56(87)73-47(27-38-15-17-43(79)18-16-38)51(81)29-40(13-10-21-69-61(65)66)57(88)75-49(55(64)86)25-35(3)4/h15-18,34-35,37,39-42,44-49,76,78-79H,8-14,19-33,63H2,1-7H3,(H2,64,86)(H,71,89)(H,72,90)(H,73,87)(H,74,91)(H,75,88)(H,84,85)(H4,65,66,69)(H4,67,68,70)/t37-,39-,40-,41-,42+,44+,45+,46+,47+,48+,49+/m1/s1. The predicted molar refractivity (Wildman–Crippen MR) is 348 cm³/mol. The number of guanidine groups is 2. The Morgan fingerprint density at radius 3 is 1.45 bits per heavy atom. The topological polar surface area (TPSA) is 527 Å². The summed E-state index contributed by atoms with van der Waals surface area (Å²) in [4.78, 5) is 172. The van der Waals surface area contributed by atoms with Crippen molar-refractivity contribution >= 4 is 94.0 Å². The smallest absolute Gasteiger partial charge is 0.305 e. The first-order chi connectivity index (χ1) is 43.2. The van der Waals surface area contributed by atoms with E-state index < -0.39 is 169 Å². The molecule has 0 fully saturated rings. The third-order valence-corrected chi connectivity index (χ3v) is 15.8. The summed E-state index contributed by atoms with van der Waals surface area (Å²) in [5, 5.41) is 54.6. The van der Waals surface area contributed by atoms with Crippen molar-refractivity contribution in [3.05, 3.63) is 29.8 Å². The van der Waals surface area contributed by atoms with Gasteiger partial charge in [-0.15, -0.1) is 0 Å². The number of aliphatic hydroxyl groups is 2. The number of carbonyl (C=O) groups is 12. The van der Waals surface area contributed by atoms with Gasteiger partial charge in [-0.2, -0.15) is 11.8 Å². The highest BCUT2D eigenvalue weighted by molar-refractivity contribution is 7.98. The van der Waals surface area contributed by atoms with E-state index in [2.05, 4.69) is 36.6 Å². The van der Waals surface area contributed by atoms with Gasteiger partial charge in [0.15, 0.2) is 35.1 Å². The van der Waals surface area contributed by atoms with Gasteiger partial charge in [0, 0.05) is 62.9 Å². The number of nitrogens with one attached hydrogen (secondary N) is 5. The van der Waals surface area contributed by atoms with Crippen molar-refractivity contribution in [2.75, 3.05) is 38.2 Å². The molecule has 1 aromatic carbocycles. The molecule has 0 aliphatic heterocycles. The van der Waals surface area contributed by atoms with Crippen molar-refractivity contribution < 1.29 is 78.0 Å². The zero-order valence-corrected chi connectivity index (χ0v) is 55.1. The first-order valence-corrected chi connectivity index (χ1v) is 32.6. The lowest BCUT2D eigenvalue weighted by Crippen LogP contribution is -2.51. The molecule has 0 aromatic heterocycles. The Morgan fingerprint density at radius 1 is 0.522 bits per heavy atom. The maximum absolute atomic E-state index is 14.6. The van der Waals surface area contributed by atoms with Crippen molar-refractivity contribution in [1.82, 2.24) is 26.6 Å². The number of primary amides is 1. The highest BCUT2D eigenvalue weighted by Crippen LogP contribution is 2.24. The fraction of sp³-hybridized carbons (Fsp3) is 0.677. The number of Topliss-reactive ketones (excluding diaryl/α,β-unsaturated/α-hetero) is 5. The molecule has 518 valence electrons. The number of rotatable bonds is 50. The average Bonchev–Trinajstić information content (AvgIpc) is 1.09. The van der Waals surface area contributed by atoms with Crippen molar-refractivity contribution in [3.8, 4) is 5.75 Å². The largest absolute Gasteiger partial charge is 0.508 e. The molecule has 0 aliphatic rings. The summed E-state index contributed by atoms with van der Waals surface area (Å²) in [5.74, 6) is -16.3. The highest BCUT2D eigenvalue weighted by Gasteiger charge is 2.38. The number of unbranched alkanes of at least 4 members (excludes halogenated alkanes) is 1. The summed E-state index contributed by atoms with van der Waals surface area (Å²) in [5.41, 5.74) is 33.8. The van der Waals surface area contributed by atoms with Gasteiger partial charge >= 0.3 is 5.97 Å². The number of aliphatic imine (C=N–C) groups is 2. The monoisotopic (exact) mass is 1320 g/mol. The van der Waals surface area contributed by atoms with E-state index in [4.69, 9.17) is 34.4 Å². The molecule has 0 spiro atoms. The number of ketones is 5. The van der Waals surface area contributed by atoms with Gasteiger partial charge in [0.1, 0.15) is 17.6 Å². The van der Waals surface area contributed by atoms with Crippen molar-refractivity contribution in [1.29, 1.82) is 0 Å². The van der Waals surface area contributed by atoms with Gasteiger partial charge in [0.25, 0.3) is 0 Å². The van der Waals surface area contributed by atoms with Crippen LogP contribution in [-0.4, -0.2) is 177 Å². The van der Waals surface area contributed by atoms with Crippen LogP contribution >= 0.6 is 11.8 Å². The number of nitrogens with two attached hydrogens (primary N) is 6. The first kappa shape index (κ1) is 82.4. The first-order valence-electron chi connectivity index (χ1n) is 31.2. The second-order valence-electron chi connectivity index (χ2n) is 24.3. The van der Waals surface area contributed by atoms with Gasteiger partial charge in [-0.1, -0.05) is 46.2 Å². The summed E-state index contributed by atoms with van der Waals surface area (Å²) < 4.78 is 0. The lowest BCUT2D eigenvalue weighted by Gasteiger charge is -2.27. The molecule has 1 rings (SSSR count). The van der Waals surface area contributed by atoms with Crippen molar-refractivity contribution in [3.63, 3.8) is 0 Å². The predicted octanol–water partition coefficient (Wildman–Crippen LogP) is -0.330. The van der Waals surface area contributed by atoms with E-state index in [1.807, 2.05) is 27.7 Å². The molecule has 0 aliphatic carbocycles. The van der Waals surface area contributed by atoms with E-state index in [9.17, 15) is 78.0 Å². The zero-order valence-electron chi connectivity index (χ0n) is 54.3. The number of phenolic OH excluding ortho intramolecular Hbond substituents is 1. The zero-order chi connectivity index (χ0) is 69.8. The second kappa shape index (κ2) is 44.1. The maximum Gasteiger partial charge on any atom is 0.305 e. The molecule has 0 bridgehead atoms. The van der Waals surface area contributed by atoms with Gasteiger partial charge in [-0.3, -0.25) is 62.7 Å². The van der Waals surface area contributed by atoms with E-state index in [1.54, 1.807) is 6.26 Å². The molecule has 0 unspecified atom stereocenters. The van der Waals surface area contributed by atoms with Crippen LogP contribution in [-0.2, 0) is 64.0 Å². The third kappa shape index (κ3) is 33.7. The number of carboxylic acid groups (broad SMARTS) is 1. The summed E-state index contributed by atoms with van der Waals surface area (Å²) in [6.07, 6.45) is -2.16. The average molecular weight is 1320 g/mol. The molecule has 0 saturated carbocycles. The van der Waals surface area contributed by atoms with Crippen LogP contribution in [0.5, 0.6) is 5.75 Å². The molecule has 30 heteroatoms. The number of carboxylic acids is 1. The molecule has 11 atom stereocenters. The Morgan fingerprint density at radius 2 is 0.967 bits per heavy atom. The number of thioether (sulfide) groups is 1. The van der Waals surface area contributed by atoms with Crippen molar-refractivity contribution in [2.24, 2.45) is 85.8 Å². The molecule has 1 aromatic rings. The molecule has 0 saturated heterocycles. The van der Waals surface area contributed by atoms with Crippen LogP contribution in [0.3, 0.4) is 0 Å². The molecule has 6 amide bonds. The van der Waals surface area contributed by atoms with E-state index in [-0.39, 0.29) is 125 Å². The maximum atomic E-state index is 14.6. The minimum atomic E-state index is -1.85. The normalized spacial score (nSPS) is 14.9. The van der Waals surface area contributed by atoms with Gasteiger partial charge in [-0.05, 0) is 126 Å². The van der Waals surface area contributed by atoms with Crippen LogP contribution in [0.2, 0.25) is 0 Å². The Labute approximate surface area is 543 Å². The lowest BCUT2D eigenvalue weighted by molar-refractivity contribution is -0.142. The Balaban J connectivity index is 3.63. The number of phenols is 1. The van der Waals surface area contributed by atoms with Gasteiger partial charge in [0.05, 0.1) is 55.1 Å². The van der Waals surface area contributed by atoms with E-state index in [0.717, 1.165) is 0 Å². The number of benzene rings is 1. The number of amides is 6. The Hall–Kier alpha value is -7.57. The van der Waals surface area contributed by atoms with Crippen molar-refractivity contribution in [2.45, 2.75) is 187 Å². The Kier molecular flexibility index (Phi) is 39.5. The van der Waals surface area contributed by atoms with Crippen LogP contribution in [0.15, 0.2) is 34.3 Å². The van der Waals surface area contributed by atoms with Crippen LogP contribution in [0, 0.1) is 41.4 Å². The summed E-state index contributed by atoms with van der Waals surface area (Å²) >= 11 is 1.29. The number of aromatic hydroxyl groups is 1. The number of aliphatic hydroxyl groups excluding tert-OH is 2. The van der Waals surface area contributed by atoms with Crippen LogP contribution in [0.4, 0.5) is 0 Å². The van der Waals surface area contributed by atoms with Gasteiger partial charge in [0.2, 0.25) is 35.4 Å². The number of carbonyl (C=O) groups excluding carboxylic acids is 11. The van der Waals surface area contributed by atoms with E-state index >= 15 is 0 Å². The number of hydrogen-bond donors (Lipinski definition) is 15. The van der Waals surface area contributed by atoms with Gasteiger partial charge in [-0.25, -0.2) is 0 Å². The van der Waals surface area contributed by atoms with E-state index in [0.29, 0.717) is 18.4 Å². The van der Waals surface area contributed by atoms with E-state index in [1.165, 1.54) is 49.9 Å². The molecule has 0 radical (unpaired) electrons.